The Kier molecular flexibility index (Phi) is 5.73. The molecule has 0 bridgehead atoms. The maximum Gasteiger partial charge on any atom is 0.0492 e. The Morgan fingerprint density at radius 2 is 2.40 bits per heavy atom. The summed E-state index contributed by atoms with van der Waals surface area (Å²) in [6.07, 6.45) is 3.95. The minimum atomic E-state index is 0.661. The minimum absolute atomic E-state index is 0.661. The Morgan fingerprint density at radius 1 is 1.60 bits per heavy atom. The van der Waals surface area contributed by atoms with Gasteiger partial charge in [-0.1, -0.05) is 6.92 Å². The van der Waals surface area contributed by atoms with Gasteiger partial charge in [-0.15, -0.1) is 11.6 Å². The highest BCUT2D eigenvalue weighted by Gasteiger charge is 2.01. The fraction of sp³-hybridized carbons (Fsp3) is 0.727. The summed E-state index contributed by atoms with van der Waals surface area (Å²) in [5.74, 6) is 1.42. The SMILES string of the molecule is CC(CCCl)CNCCc1ccnn1C. The standard InChI is InChI=1S/C11H20ClN3/c1-10(3-6-12)9-13-7-4-11-5-8-14-15(11)2/h5,8,10,13H,3-4,6-7,9H2,1-2H3. The summed E-state index contributed by atoms with van der Waals surface area (Å²) in [6, 6.07) is 2.06. The molecule has 1 unspecified atom stereocenters. The average molecular weight is 230 g/mol. The second-order valence-electron chi connectivity index (χ2n) is 3.98. The largest absolute Gasteiger partial charge is 0.316 e. The molecular formula is C11H20ClN3. The molecule has 0 radical (unpaired) electrons. The fourth-order valence-electron chi connectivity index (χ4n) is 1.50. The van der Waals surface area contributed by atoms with Gasteiger partial charge in [-0.3, -0.25) is 4.68 Å². The second kappa shape index (κ2) is 6.85. The lowest BCUT2D eigenvalue weighted by atomic mass is 10.1. The first-order valence-corrected chi connectivity index (χ1v) is 6.01. The number of aromatic nitrogens is 2. The molecule has 3 nitrogen and oxygen atoms in total. The zero-order valence-electron chi connectivity index (χ0n) is 9.54. The van der Waals surface area contributed by atoms with Gasteiger partial charge in [0.05, 0.1) is 0 Å². The van der Waals surface area contributed by atoms with Gasteiger partial charge in [0.25, 0.3) is 0 Å². The third kappa shape index (κ3) is 4.67. The molecular weight excluding hydrogens is 210 g/mol. The van der Waals surface area contributed by atoms with Crippen molar-refractivity contribution in [2.45, 2.75) is 19.8 Å². The summed E-state index contributed by atoms with van der Waals surface area (Å²) in [5.41, 5.74) is 1.27. The number of nitrogens with zero attached hydrogens (tertiary/aromatic N) is 2. The molecule has 1 aromatic heterocycles. The molecule has 0 fully saturated rings. The van der Waals surface area contributed by atoms with Crippen LogP contribution in [-0.4, -0.2) is 28.8 Å². The number of hydrogen-bond donors (Lipinski definition) is 1. The first kappa shape index (κ1) is 12.5. The van der Waals surface area contributed by atoms with Crippen molar-refractivity contribution in [3.63, 3.8) is 0 Å². The summed E-state index contributed by atoms with van der Waals surface area (Å²) < 4.78 is 1.92. The van der Waals surface area contributed by atoms with Crippen LogP contribution in [-0.2, 0) is 13.5 Å². The van der Waals surface area contributed by atoms with E-state index in [2.05, 4.69) is 23.4 Å². The molecule has 1 heterocycles. The van der Waals surface area contributed by atoms with Crippen molar-refractivity contribution in [1.29, 1.82) is 0 Å². The molecule has 0 aliphatic heterocycles. The highest BCUT2D eigenvalue weighted by atomic mass is 35.5. The minimum Gasteiger partial charge on any atom is -0.316 e. The molecule has 0 aliphatic carbocycles. The maximum absolute atomic E-state index is 5.67. The van der Waals surface area contributed by atoms with E-state index in [1.165, 1.54) is 5.69 Å². The molecule has 1 N–H and O–H groups in total. The summed E-state index contributed by atoms with van der Waals surface area (Å²) in [6.45, 7) is 4.27. The first-order chi connectivity index (χ1) is 7.24. The van der Waals surface area contributed by atoms with Crippen molar-refractivity contribution in [2.24, 2.45) is 13.0 Å². The van der Waals surface area contributed by atoms with Gasteiger partial charge in [0.2, 0.25) is 0 Å². The summed E-state index contributed by atoms with van der Waals surface area (Å²) in [7, 11) is 1.98. The van der Waals surface area contributed by atoms with Gasteiger partial charge in [0.15, 0.2) is 0 Å². The van der Waals surface area contributed by atoms with Gasteiger partial charge in [0, 0.05) is 37.8 Å². The quantitative estimate of drug-likeness (QED) is 0.571. The van der Waals surface area contributed by atoms with E-state index in [9.17, 15) is 0 Å². The highest BCUT2D eigenvalue weighted by molar-refractivity contribution is 6.17. The Balaban J connectivity index is 2.09. The van der Waals surface area contributed by atoms with Crippen molar-refractivity contribution in [3.05, 3.63) is 18.0 Å². The molecule has 0 saturated heterocycles. The lowest BCUT2D eigenvalue weighted by molar-refractivity contribution is 0.501. The number of hydrogen-bond acceptors (Lipinski definition) is 2. The third-order valence-electron chi connectivity index (χ3n) is 2.58. The second-order valence-corrected chi connectivity index (χ2v) is 4.36. The predicted octanol–water partition coefficient (Wildman–Crippen LogP) is 1.82. The predicted molar refractivity (Wildman–Crippen MR) is 64.3 cm³/mol. The Bertz CT molecular complexity index is 273. The lowest BCUT2D eigenvalue weighted by Gasteiger charge is -2.10. The molecule has 4 heteroatoms. The van der Waals surface area contributed by atoms with Gasteiger partial charge in [-0.25, -0.2) is 0 Å². The van der Waals surface area contributed by atoms with Crippen molar-refractivity contribution < 1.29 is 0 Å². The molecule has 15 heavy (non-hydrogen) atoms. The van der Waals surface area contributed by atoms with Crippen molar-refractivity contribution in [1.82, 2.24) is 15.1 Å². The Morgan fingerprint density at radius 3 is 3.00 bits per heavy atom. The molecule has 0 amide bonds. The van der Waals surface area contributed by atoms with Gasteiger partial charge in [0.1, 0.15) is 0 Å². The number of rotatable bonds is 7. The zero-order chi connectivity index (χ0) is 11.1. The third-order valence-corrected chi connectivity index (χ3v) is 2.79. The van der Waals surface area contributed by atoms with E-state index in [0.29, 0.717) is 5.92 Å². The van der Waals surface area contributed by atoms with E-state index >= 15 is 0 Å². The number of halogens is 1. The van der Waals surface area contributed by atoms with Gasteiger partial charge < -0.3 is 5.32 Å². The highest BCUT2D eigenvalue weighted by Crippen LogP contribution is 2.01. The van der Waals surface area contributed by atoms with Crippen LogP contribution in [0.15, 0.2) is 12.3 Å². The average Bonchev–Trinajstić information content (AvgIpc) is 2.60. The molecule has 0 spiro atoms. The van der Waals surface area contributed by atoms with Crippen LogP contribution in [0, 0.1) is 5.92 Å². The van der Waals surface area contributed by atoms with Crippen LogP contribution in [0.3, 0.4) is 0 Å². The molecule has 0 aromatic carbocycles. The van der Waals surface area contributed by atoms with Gasteiger partial charge in [-0.05, 0) is 24.9 Å². The van der Waals surface area contributed by atoms with Crippen LogP contribution in [0.1, 0.15) is 19.0 Å². The maximum atomic E-state index is 5.67. The van der Waals surface area contributed by atoms with E-state index < -0.39 is 0 Å². The van der Waals surface area contributed by atoms with Crippen molar-refractivity contribution in [3.8, 4) is 0 Å². The van der Waals surface area contributed by atoms with Gasteiger partial charge in [-0.2, -0.15) is 5.10 Å². The zero-order valence-corrected chi connectivity index (χ0v) is 10.3. The van der Waals surface area contributed by atoms with Crippen LogP contribution >= 0.6 is 11.6 Å². The van der Waals surface area contributed by atoms with E-state index in [-0.39, 0.29) is 0 Å². The Hall–Kier alpha value is -0.540. The van der Waals surface area contributed by atoms with Crippen LogP contribution in [0.25, 0.3) is 0 Å². The van der Waals surface area contributed by atoms with Crippen LogP contribution in [0.5, 0.6) is 0 Å². The Labute approximate surface area is 96.8 Å². The van der Waals surface area contributed by atoms with E-state index in [1.807, 2.05) is 17.9 Å². The van der Waals surface area contributed by atoms with E-state index in [4.69, 9.17) is 11.6 Å². The monoisotopic (exact) mass is 229 g/mol. The molecule has 0 aliphatic rings. The molecule has 0 saturated carbocycles. The van der Waals surface area contributed by atoms with Crippen LogP contribution in [0.2, 0.25) is 0 Å². The van der Waals surface area contributed by atoms with Crippen LogP contribution in [0.4, 0.5) is 0 Å². The van der Waals surface area contributed by atoms with Crippen molar-refractivity contribution >= 4 is 11.6 Å². The first-order valence-electron chi connectivity index (χ1n) is 5.47. The summed E-state index contributed by atoms with van der Waals surface area (Å²) in [4.78, 5) is 0. The number of aryl methyl sites for hydroxylation is 1. The molecule has 1 aromatic rings. The van der Waals surface area contributed by atoms with Crippen molar-refractivity contribution in [2.75, 3.05) is 19.0 Å². The topological polar surface area (TPSA) is 29.9 Å². The van der Waals surface area contributed by atoms with Crippen LogP contribution < -0.4 is 5.32 Å². The summed E-state index contributed by atoms with van der Waals surface area (Å²) >= 11 is 5.67. The summed E-state index contributed by atoms with van der Waals surface area (Å²) in [5, 5.41) is 7.57. The molecule has 1 rings (SSSR count). The van der Waals surface area contributed by atoms with Gasteiger partial charge >= 0.3 is 0 Å². The molecule has 1 atom stereocenters. The number of nitrogens with one attached hydrogen (secondary N) is 1. The van der Waals surface area contributed by atoms with E-state index in [0.717, 1.165) is 31.8 Å². The lowest BCUT2D eigenvalue weighted by Crippen LogP contribution is -2.24. The fourth-order valence-corrected chi connectivity index (χ4v) is 1.87. The number of alkyl halides is 1. The molecule has 86 valence electrons. The normalized spacial score (nSPS) is 13.0. The van der Waals surface area contributed by atoms with E-state index in [1.54, 1.807) is 0 Å². The smallest absolute Gasteiger partial charge is 0.0492 e.